The Labute approximate surface area is 199 Å². The van der Waals surface area contributed by atoms with E-state index in [-0.39, 0.29) is 11.7 Å². The Kier molecular flexibility index (Phi) is 7.26. The highest BCUT2D eigenvalue weighted by Gasteiger charge is 2.37. The molecule has 1 heterocycles. The maximum atomic E-state index is 13.2. The Morgan fingerprint density at radius 3 is 2.59 bits per heavy atom. The van der Waals surface area contributed by atoms with Gasteiger partial charge in [-0.15, -0.1) is 0 Å². The highest BCUT2D eigenvalue weighted by molar-refractivity contribution is 9.10. The topological polar surface area (TPSA) is 84.9 Å². The van der Waals surface area contributed by atoms with Crippen molar-refractivity contribution in [2.75, 3.05) is 11.5 Å². The molecule has 0 bridgehead atoms. The first-order chi connectivity index (χ1) is 15.1. The zero-order valence-electron chi connectivity index (χ0n) is 18.0. The molecule has 1 N–H and O–H groups in total. The lowest BCUT2D eigenvalue weighted by Gasteiger charge is -2.27. The van der Waals surface area contributed by atoms with Crippen LogP contribution in [0.1, 0.15) is 31.9 Å². The molecule has 1 fully saturated rings. The average molecular weight is 522 g/mol. The van der Waals surface area contributed by atoms with Crippen LogP contribution in [0, 0.1) is 6.92 Å². The molecule has 4 amide bonds. The van der Waals surface area contributed by atoms with E-state index in [4.69, 9.17) is 21.1 Å². The molecule has 1 aliphatic heterocycles. The van der Waals surface area contributed by atoms with E-state index in [9.17, 15) is 14.4 Å². The second-order valence-electron chi connectivity index (χ2n) is 7.27. The van der Waals surface area contributed by atoms with E-state index in [0.717, 1.165) is 4.90 Å². The van der Waals surface area contributed by atoms with Crippen molar-refractivity contribution in [2.24, 2.45) is 0 Å². The van der Waals surface area contributed by atoms with E-state index < -0.39 is 17.8 Å². The number of nitrogens with zero attached hydrogens (tertiary/aromatic N) is 1. The number of ether oxygens (including phenoxy) is 2. The third-order valence-corrected chi connectivity index (χ3v) is 5.58. The summed E-state index contributed by atoms with van der Waals surface area (Å²) in [5.74, 6) is -0.548. The summed E-state index contributed by atoms with van der Waals surface area (Å²) in [5.41, 5.74) is 1.17. The molecule has 0 aromatic heterocycles. The third kappa shape index (κ3) is 4.81. The van der Waals surface area contributed by atoms with E-state index in [1.54, 1.807) is 37.3 Å². The maximum Gasteiger partial charge on any atom is 0.335 e. The average Bonchev–Trinajstić information content (AvgIpc) is 2.71. The monoisotopic (exact) mass is 520 g/mol. The number of rotatable bonds is 6. The van der Waals surface area contributed by atoms with Gasteiger partial charge < -0.3 is 9.47 Å². The first-order valence-corrected chi connectivity index (χ1v) is 11.1. The number of hydrogen-bond acceptors (Lipinski definition) is 5. The van der Waals surface area contributed by atoms with Crippen molar-refractivity contribution in [1.82, 2.24) is 5.32 Å². The van der Waals surface area contributed by atoms with E-state index in [1.807, 2.05) is 20.8 Å². The van der Waals surface area contributed by atoms with Gasteiger partial charge >= 0.3 is 6.03 Å². The van der Waals surface area contributed by atoms with Gasteiger partial charge in [-0.25, -0.2) is 9.69 Å². The predicted molar refractivity (Wildman–Crippen MR) is 126 cm³/mol. The smallest absolute Gasteiger partial charge is 0.335 e. The van der Waals surface area contributed by atoms with Crippen molar-refractivity contribution < 1.29 is 23.9 Å². The second-order valence-corrected chi connectivity index (χ2v) is 8.53. The van der Waals surface area contributed by atoms with Gasteiger partial charge in [-0.1, -0.05) is 17.7 Å². The molecule has 1 aliphatic rings. The maximum absolute atomic E-state index is 13.2. The van der Waals surface area contributed by atoms with E-state index in [0.29, 0.717) is 44.4 Å². The number of amides is 4. The molecule has 0 spiro atoms. The van der Waals surface area contributed by atoms with Gasteiger partial charge in [0, 0.05) is 5.02 Å². The zero-order chi connectivity index (χ0) is 23.6. The molecule has 2 aromatic carbocycles. The molecule has 0 unspecified atom stereocenters. The SMILES string of the molecule is CCOc1cc(/C=C2\C(=O)NC(=O)N(c3cccc(Cl)c3C)C2=O)cc(Br)c1OC(C)C. The number of urea groups is 1. The fourth-order valence-corrected chi connectivity index (χ4v) is 3.89. The van der Waals surface area contributed by atoms with Gasteiger partial charge in [0.15, 0.2) is 11.5 Å². The Morgan fingerprint density at radius 1 is 1.22 bits per heavy atom. The molecule has 0 radical (unpaired) electrons. The van der Waals surface area contributed by atoms with Crippen LogP contribution in [0.15, 0.2) is 40.4 Å². The van der Waals surface area contributed by atoms with Crippen molar-refractivity contribution in [2.45, 2.75) is 33.8 Å². The minimum Gasteiger partial charge on any atom is -0.490 e. The first kappa shape index (κ1) is 23.8. The number of barbiturate groups is 1. The lowest BCUT2D eigenvalue weighted by atomic mass is 10.1. The molecule has 32 heavy (non-hydrogen) atoms. The van der Waals surface area contributed by atoms with Crippen LogP contribution in [0.4, 0.5) is 10.5 Å². The fourth-order valence-electron chi connectivity index (χ4n) is 3.17. The second kappa shape index (κ2) is 9.75. The van der Waals surface area contributed by atoms with Gasteiger partial charge in [0.25, 0.3) is 11.8 Å². The van der Waals surface area contributed by atoms with Crippen molar-refractivity contribution in [3.8, 4) is 11.5 Å². The van der Waals surface area contributed by atoms with Crippen molar-refractivity contribution >= 4 is 57.1 Å². The molecule has 9 heteroatoms. The quantitative estimate of drug-likeness (QED) is 0.414. The molecular formula is C23H22BrClN2O5. The predicted octanol–water partition coefficient (Wildman–Crippen LogP) is 5.26. The Hall–Kier alpha value is -2.84. The van der Waals surface area contributed by atoms with E-state index >= 15 is 0 Å². The summed E-state index contributed by atoms with van der Waals surface area (Å²) in [5, 5.41) is 2.61. The summed E-state index contributed by atoms with van der Waals surface area (Å²) in [7, 11) is 0. The molecule has 0 saturated carbocycles. The number of nitrogens with one attached hydrogen (secondary N) is 1. The number of benzene rings is 2. The van der Waals surface area contributed by atoms with Crippen LogP contribution in [-0.2, 0) is 9.59 Å². The van der Waals surface area contributed by atoms with Gasteiger partial charge in [0.2, 0.25) is 0 Å². The molecule has 2 aromatic rings. The molecule has 0 aliphatic carbocycles. The van der Waals surface area contributed by atoms with Crippen molar-refractivity contribution in [3.63, 3.8) is 0 Å². The Balaban J connectivity index is 2.07. The van der Waals surface area contributed by atoms with Gasteiger partial charge in [-0.05, 0) is 85.1 Å². The zero-order valence-corrected chi connectivity index (χ0v) is 20.3. The molecule has 0 atom stereocenters. The lowest BCUT2D eigenvalue weighted by molar-refractivity contribution is -0.122. The summed E-state index contributed by atoms with van der Waals surface area (Å²) >= 11 is 9.62. The van der Waals surface area contributed by atoms with Crippen LogP contribution in [0.2, 0.25) is 5.02 Å². The van der Waals surface area contributed by atoms with Crippen LogP contribution in [-0.4, -0.2) is 30.6 Å². The van der Waals surface area contributed by atoms with Gasteiger partial charge in [0.05, 0.1) is 22.9 Å². The van der Waals surface area contributed by atoms with Gasteiger partial charge in [0.1, 0.15) is 5.57 Å². The molecule has 168 valence electrons. The minimum absolute atomic E-state index is 0.0825. The number of anilines is 1. The Bertz CT molecular complexity index is 1130. The van der Waals surface area contributed by atoms with Crippen molar-refractivity contribution in [1.29, 1.82) is 0 Å². The van der Waals surface area contributed by atoms with Gasteiger partial charge in [-0.2, -0.15) is 0 Å². The number of hydrogen-bond donors (Lipinski definition) is 1. The van der Waals surface area contributed by atoms with Crippen LogP contribution < -0.4 is 19.7 Å². The largest absolute Gasteiger partial charge is 0.490 e. The minimum atomic E-state index is -0.834. The lowest BCUT2D eigenvalue weighted by Crippen LogP contribution is -2.54. The highest BCUT2D eigenvalue weighted by atomic mass is 79.9. The van der Waals surface area contributed by atoms with Gasteiger partial charge in [-0.3, -0.25) is 14.9 Å². The van der Waals surface area contributed by atoms with E-state index in [2.05, 4.69) is 21.2 Å². The van der Waals surface area contributed by atoms with Crippen LogP contribution in [0.5, 0.6) is 11.5 Å². The summed E-state index contributed by atoms with van der Waals surface area (Å²) in [6, 6.07) is 7.42. The summed E-state index contributed by atoms with van der Waals surface area (Å²) in [4.78, 5) is 39.1. The number of carbonyl (C=O) groups excluding carboxylic acids is 3. The normalized spacial score (nSPS) is 15.4. The summed E-state index contributed by atoms with van der Waals surface area (Å²) in [6.45, 7) is 7.72. The summed E-state index contributed by atoms with van der Waals surface area (Å²) in [6.07, 6.45) is 1.32. The standard InChI is InChI=1S/C23H22BrClN2O5/c1-5-31-19-11-14(10-16(24)20(19)32-12(2)3)9-15-21(28)26-23(30)27(22(15)29)18-8-6-7-17(25)13(18)4/h6-12H,5H2,1-4H3,(H,26,28,30)/b15-9+. The number of carbonyl (C=O) groups is 3. The van der Waals surface area contributed by atoms with Crippen molar-refractivity contribution in [3.05, 3.63) is 56.5 Å². The third-order valence-electron chi connectivity index (χ3n) is 4.58. The van der Waals surface area contributed by atoms with Crippen LogP contribution >= 0.6 is 27.5 Å². The molecular weight excluding hydrogens is 500 g/mol. The summed E-state index contributed by atoms with van der Waals surface area (Å²) < 4.78 is 12.1. The van der Waals surface area contributed by atoms with Crippen LogP contribution in [0.25, 0.3) is 6.08 Å². The van der Waals surface area contributed by atoms with E-state index in [1.165, 1.54) is 6.08 Å². The number of halogens is 2. The Morgan fingerprint density at radius 2 is 1.94 bits per heavy atom. The molecule has 1 saturated heterocycles. The molecule has 3 rings (SSSR count). The highest BCUT2D eigenvalue weighted by Crippen LogP contribution is 2.38. The van der Waals surface area contributed by atoms with Crippen LogP contribution in [0.3, 0.4) is 0 Å². The molecule has 7 nitrogen and oxygen atoms in total. The number of imide groups is 2. The first-order valence-electron chi connectivity index (χ1n) is 9.93. The fraction of sp³-hybridized carbons (Fsp3) is 0.261.